The van der Waals surface area contributed by atoms with Gasteiger partial charge in [-0.2, -0.15) is 5.10 Å². The topological polar surface area (TPSA) is 110 Å². The fraction of sp³-hybridized carbons (Fsp3) is 0.0667. The van der Waals surface area contributed by atoms with Gasteiger partial charge >= 0.3 is 5.69 Å². The zero-order chi connectivity index (χ0) is 18.0. The minimum absolute atomic E-state index is 0.120. The number of hydrogen-bond acceptors (Lipinski definition) is 8. The van der Waals surface area contributed by atoms with Crippen molar-refractivity contribution < 1.29 is 14.8 Å². The molecule has 0 amide bonds. The van der Waals surface area contributed by atoms with Crippen LogP contribution in [0.1, 0.15) is 5.56 Å². The van der Waals surface area contributed by atoms with Crippen LogP contribution in [-0.4, -0.2) is 28.3 Å². The Balaban J connectivity index is 1.83. The van der Waals surface area contributed by atoms with Gasteiger partial charge in [0, 0.05) is 16.7 Å². The average molecular weight is 379 g/mol. The molecule has 1 heterocycles. The molecule has 3 aromatic rings. The summed E-state index contributed by atoms with van der Waals surface area (Å²) >= 11 is 7.19. The highest BCUT2D eigenvalue weighted by atomic mass is 35.5. The molecule has 0 bridgehead atoms. The Labute approximate surface area is 150 Å². The lowest BCUT2D eigenvalue weighted by molar-refractivity contribution is -0.385. The Bertz CT molecular complexity index is 989. The quantitative estimate of drug-likeness (QED) is 0.394. The van der Waals surface area contributed by atoms with Gasteiger partial charge in [-0.05, 0) is 24.3 Å². The summed E-state index contributed by atoms with van der Waals surface area (Å²) in [4.78, 5) is 14.5. The molecular formula is C15H11ClN4O4S. The molecule has 0 fully saturated rings. The first-order valence-electron chi connectivity index (χ1n) is 6.88. The standard InChI is InChI=1S/C15H11ClN4O4S/c1-24-10-2-3-11-13(6-10)25-15(18-11)19-17-7-8-4-9(16)5-12(14(8)21)20(22)23/h2-7,21H,1H3,(H,18,19). The molecule has 1 aromatic heterocycles. The van der Waals surface area contributed by atoms with Crippen LogP contribution in [0.4, 0.5) is 10.8 Å². The van der Waals surface area contributed by atoms with Crippen molar-refractivity contribution in [3.05, 3.63) is 51.0 Å². The number of nitro groups is 1. The summed E-state index contributed by atoms with van der Waals surface area (Å²) in [6.45, 7) is 0. The van der Waals surface area contributed by atoms with Crippen LogP contribution in [-0.2, 0) is 0 Å². The van der Waals surface area contributed by atoms with Crippen LogP contribution >= 0.6 is 22.9 Å². The Hall–Kier alpha value is -2.91. The van der Waals surface area contributed by atoms with Crippen LogP contribution in [0.3, 0.4) is 0 Å². The minimum Gasteiger partial charge on any atom is -0.502 e. The molecule has 0 saturated heterocycles. The van der Waals surface area contributed by atoms with Gasteiger partial charge in [0.15, 0.2) is 0 Å². The van der Waals surface area contributed by atoms with Gasteiger partial charge in [-0.1, -0.05) is 22.9 Å². The van der Waals surface area contributed by atoms with Crippen LogP contribution in [0, 0.1) is 10.1 Å². The lowest BCUT2D eigenvalue weighted by Crippen LogP contribution is -1.94. The SMILES string of the molecule is COc1ccc2nc(NN=Cc3cc(Cl)cc([N+](=O)[O-])c3O)sc2c1. The number of hydrogen-bond donors (Lipinski definition) is 2. The highest BCUT2D eigenvalue weighted by molar-refractivity contribution is 7.22. The predicted molar refractivity (Wildman–Crippen MR) is 97.2 cm³/mol. The van der Waals surface area contributed by atoms with Crippen molar-refractivity contribution in [1.29, 1.82) is 0 Å². The number of hydrazone groups is 1. The Morgan fingerprint density at radius 1 is 1.44 bits per heavy atom. The highest BCUT2D eigenvalue weighted by Crippen LogP contribution is 2.32. The van der Waals surface area contributed by atoms with E-state index < -0.39 is 16.4 Å². The molecule has 0 radical (unpaired) electrons. The maximum Gasteiger partial charge on any atom is 0.312 e. The third-order valence-corrected chi connectivity index (χ3v) is 4.38. The van der Waals surface area contributed by atoms with Crippen molar-refractivity contribution >= 4 is 50.2 Å². The number of methoxy groups -OCH3 is 1. The third-order valence-electron chi connectivity index (χ3n) is 3.24. The molecule has 0 unspecified atom stereocenters. The maximum atomic E-state index is 10.9. The molecule has 0 aliphatic rings. The van der Waals surface area contributed by atoms with E-state index in [1.54, 1.807) is 13.2 Å². The number of aromatic nitrogens is 1. The molecule has 2 aromatic carbocycles. The van der Waals surface area contributed by atoms with Crippen LogP contribution in [0.2, 0.25) is 5.02 Å². The zero-order valence-electron chi connectivity index (χ0n) is 12.8. The number of nitrogens with zero attached hydrogens (tertiary/aromatic N) is 3. The van der Waals surface area contributed by atoms with E-state index in [1.807, 2.05) is 12.1 Å². The number of nitrogens with one attached hydrogen (secondary N) is 1. The summed E-state index contributed by atoms with van der Waals surface area (Å²) in [5, 5.41) is 25.4. The zero-order valence-corrected chi connectivity index (χ0v) is 14.3. The van der Waals surface area contributed by atoms with E-state index in [-0.39, 0.29) is 10.6 Å². The summed E-state index contributed by atoms with van der Waals surface area (Å²) in [5.41, 5.74) is 3.14. The summed E-state index contributed by atoms with van der Waals surface area (Å²) in [7, 11) is 1.59. The summed E-state index contributed by atoms with van der Waals surface area (Å²) in [6.07, 6.45) is 1.24. The van der Waals surface area contributed by atoms with Gasteiger partial charge < -0.3 is 9.84 Å². The molecule has 0 saturated carbocycles. The smallest absolute Gasteiger partial charge is 0.312 e. The number of ether oxygens (including phenoxy) is 1. The maximum absolute atomic E-state index is 10.9. The minimum atomic E-state index is -0.715. The average Bonchev–Trinajstić information content (AvgIpc) is 2.98. The van der Waals surface area contributed by atoms with Crippen molar-refractivity contribution in [3.63, 3.8) is 0 Å². The second-order valence-corrected chi connectivity index (χ2v) is 6.31. The largest absolute Gasteiger partial charge is 0.502 e. The predicted octanol–water partition coefficient (Wildman–Crippen LogP) is 4.02. The molecule has 3 rings (SSSR count). The molecule has 8 nitrogen and oxygen atoms in total. The van der Waals surface area contributed by atoms with Gasteiger partial charge in [0.05, 0.1) is 28.5 Å². The van der Waals surface area contributed by atoms with E-state index in [0.29, 0.717) is 5.13 Å². The Morgan fingerprint density at radius 2 is 2.24 bits per heavy atom. The van der Waals surface area contributed by atoms with Crippen LogP contribution in [0.15, 0.2) is 35.4 Å². The monoisotopic (exact) mass is 378 g/mol. The number of phenolic OH excluding ortho intramolecular Hbond substituents is 1. The number of nitro benzene ring substituents is 1. The molecule has 2 N–H and O–H groups in total. The van der Waals surface area contributed by atoms with Crippen molar-refractivity contribution in [3.8, 4) is 11.5 Å². The van der Waals surface area contributed by atoms with Crippen LogP contribution in [0.25, 0.3) is 10.2 Å². The lowest BCUT2D eigenvalue weighted by atomic mass is 10.2. The molecular weight excluding hydrogens is 368 g/mol. The van der Waals surface area contributed by atoms with Gasteiger partial charge in [-0.25, -0.2) is 4.98 Å². The third kappa shape index (κ3) is 3.62. The van der Waals surface area contributed by atoms with Gasteiger partial charge in [0.1, 0.15) is 5.75 Å². The number of aromatic hydroxyl groups is 1. The van der Waals surface area contributed by atoms with E-state index >= 15 is 0 Å². The summed E-state index contributed by atoms with van der Waals surface area (Å²) < 4.78 is 6.07. The van der Waals surface area contributed by atoms with Crippen LogP contribution < -0.4 is 10.2 Å². The molecule has 10 heteroatoms. The molecule has 0 aliphatic heterocycles. The van der Waals surface area contributed by atoms with Crippen molar-refractivity contribution in [1.82, 2.24) is 4.98 Å². The number of thiazole rings is 1. The second kappa shape index (κ2) is 6.91. The van der Waals surface area contributed by atoms with E-state index in [9.17, 15) is 15.2 Å². The molecule has 0 aliphatic carbocycles. The normalized spacial score (nSPS) is 11.1. The Morgan fingerprint density at radius 3 is 2.96 bits per heavy atom. The first-order chi connectivity index (χ1) is 12.0. The molecule has 0 spiro atoms. The number of halogens is 1. The van der Waals surface area contributed by atoms with Crippen molar-refractivity contribution in [2.45, 2.75) is 0 Å². The number of fused-ring (bicyclic) bond motifs is 1. The summed E-state index contributed by atoms with van der Waals surface area (Å²) in [5.74, 6) is 0.219. The fourth-order valence-electron chi connectivity index (χ4n) is 2.08. The molecule has 128 valence electrons. The van der Waals surface area contributed by atoms with Gasteiger partial charge in [0.2, 0.25) is 10.9 Å². The van der Waals surface area contributed by atoms with E-state index in [2.05, 4.69) is 15.5 Å². The van der Waals surface area contributed by atoms with E-state index in [0.717, 1.165) is 22.0 Å². The van der Waals surface area contributed by atoms with Crippen molar-refractivity contribution in [2.75, 3.05) is 12.5 Å². The summed E-state index contributed by atoms with van der Waals surface area (Å²) in [6, 6.07) is 7.93. The van der Waals surface area contributed by atoms with E-state index in [1.165, 1.54) is 23.6 Å². The number of phenols is 1. The van der Waals surface area contributed by atoms with Gasteiger partial charge in [-0.3, -0.25) is 15.5 Å². The fourth-order valence-corrected chi connectivity index (χ4v) is 3.14. The van der Waals surface area contributed by atoms with Crippen LogP contribution in [0.5, 0.6) is 11.5 Å². The number of anilines is 1. The number of benzene rings is 2. The lowest BCUT2D eigenvalue weighted by Gasteiger charge is -2.01. The van der Waals surface area contributed by atoms with Gasteiger partial charge in [-0.15, -0.1) is 0 Å². The first-order valence-corrected chi connectivity index (χ1v) is 8.08. The van der Waals surface area contributed by atoms with Gasteiger partial charge in [0.25, 0.3) is 0 Å². The Kier molecular flexibility index (Phi) is 4.68. The number of rotatable bonds is 5. The van der Waals surface area contributed by atoms with Crippen molar-refractivity contribution in [2.24, 2.45) is 5.10 Å². The first kappa shape index (κ1) is 16.9. The molecule has 25 heavy (non-hydrogen) atoms. The second-order valence-electron chi connectivity index (χ2n) is 4.84. The van der Waals surface area contributed by atoms with E-state index in [4.69, 9.17) is 16.3 Å². The highest BCUT2D eigenvalue weighted by Gasteiger charge is 2.17. The molecule has 0 atom stereocenters.